The Morgan fingerprint density at radius 2 is 1.72 bits per heavy atom. The van der Waals surface area contributed by atoms with Crippen molar-refractivity contribution in [3.8, 4) is 11.5 Å². The Balaban J connectivity index is 1.64. The van der Waals surface area contributed by atoms with Gasteiger partial charge in [0.05, 0.1) is 12.1 Å². The third kappa shape index (κ3) is 6.92. The molecule has 0 saturated carbocycles. The molecule has 0 bridgehead atoms. The van der Waals surface area contributed by atoms with Crippen molar-refractivity contribution in [2.45, 2.75) is 33.4 Å². The molecule has 0 radical (unpaired) electrons. The number of hydrogen-bond acceptors (Lipinski definition) is 4. The van der Waals surface area contributed by atoms with Gasteiger partial charge in [0, 0.05) is 24.3 Å². The quantitative estimate of drug-likeness (QED) is 0.367. The van der Waals surface area contributed by atoms with Gasteiger partial charge in [-0.1, -0.05) is 61.8 Å². The van der Waals surface area contributed by atoms with Crippen molar-refractivity contribution in [2.75, 3.05) is 17.7 Å². The van der Waals surface area contributed by atoms with Gasteiger partial charge in [-0.15, -0.1) is 0 Å². The monoisotopic (exact) mass is 452 g/mol. The van der Waals surface area contributed by atoms with Gasteiger partial charge in [-0.25, -0.2) is 0 Å². The molecule has 3 aromatic carbocycles. The molecule has 0 aromatic heterocycles. The normalized spacial score (nSPS) is 10.7. The Hall–Kier alpha value is -3.18. The average Bonchev–Trinajstić information content (AvgIpc) is 2.77. The second-order valence-electron chi connectivity index (χ2n) is 7.96. The summed E-state index contributed by atoms with van der Waals surface area (Å²) in [5, 5.41) is 6.79. The second-order valence-corrected chi connectivity index (χ2v) is 8.37. The maximum absolute atomic E-state index is 12.0. The maximum atomic E-state index is 12.0. The van der Waals surface area contributed by atoms with Crippen molar-refractivity contribution in [3.63, 3.8) is 0 Å². The van der Waals surface area contributed by atoms with Crippen LogP contribution >= 0.6 is 11.6 Å². The minimum Gasteiger partial charge on any atom is -0.493 e. The highest BCUT2D eigenvalue weighted by atomic mass is 35.5. The molecule has 0 fully saturated rings. The summed E-state index contributed by atoms with van der Waals surface area (Å²) >= 11 is 6.50. The number of rotatable bonds is 10. The highest BCUT2D eigenvalue weighted by Crippen LogP contribution is 2.37. The van der Waals surface area contributed by atoms with E-state index in [1.807, 2.05) is 80.6 Å². The molecule has 0 spiro atoms. The Morgan fingerprint density at radius 3 is 2.44 bits per heavy atom. The Bertz CT molecular complexity index is 1040. The van der Waals surface area contributed by atoms with Crippen LogP contribution in [0.25, 0.3) is 0 Å². The molecule has 3 rings (SSSR count). The molecular formula is C26H29ClN2O3. The van der Waals surface area contributed by atoms with Crippen LogP contribution in [-0.4, -0.2) is 13.0 Å². The number of carbonyl (C=O) groups excluding carboxylic acids is 1. The van der Waals surface area contributed by atoms with Crippen molar-refractivity contribution < 1.29 is 14.3 Å². The van der Waals surface area contributed by atoms with Gasteiger partial charge in [-0.05, 0) is 47.4 Å². The van der Waals surface area contributed by atoms with Crippen LogP contribution in [0.4, 0.5) is 11.4 Å². The molecule has 0 heterocycles. The molecule has 0 saturated heterocycles. The lowest BCUT2D eigenvalue weighted by Crippen LogP contribution is -2.13. The number of carbonyl (C=O) groups is 1. The molecule has 0 unspecified atom stereocenters. The van der Waals surface area contributed by atoms with Crippen LogP contribution in [0.1, 0.15) is 31.4 Å². The van der Waals surface area contributed by atoms with Gasteiger partial charge in [0.25, 0.3) is 0 Å². The number of nitrogens with one attached hydrogen (secondary N) is 2. The summed E-state index contributed by atoms with van der Waals surface area (Å²) in [5.41, 5.74) is 3.66. The van der Waals surface area contributed by atoms with Crippen LogP contribution in [0, 0.1) is 5.92 Å². The summed E-state index contributed by atoms with van der Waals surface area (Å²) in [7, 11) is 1.60. The summed E-state index contributed by atoms with van der Waals surface area (Å²) in [4.78, 5) is 12.0. The van der Waals surface area contributed by atoms with E-state index in [4.69, 9.17) is 21.1 Å². The molecule has 168 valence electrons. The Kier molecular flexibility index (Phi) is 8.40. The van der Waals surface area contributed by atoms with E-state index in [1.54, 1.807) is 7.11 Å². The summed E-state index contributed by atoms with van der Waals surface area (Å²) in [6.45, 7) is 4.99. The SMILES string of the molecule is COc1cc(CNc2cccc(NC(=O)CC(C)C)c2)cc(Cl)c1OCc1ccccc1. The molecule has 1 amide bonds. The zero-order valence-corrected chi connectivity index (χ0v) is 19.4. The van der Waals surface area contributed by atoms with Gasteiger partial charge in [0.15, 0.2) is 11.5 Å². The van der Waals surface area contributed by atoms with Crippen molar-refractivity contribution >= 4 is 28.9 Å². The van der Waals surface area contributed by atoms with E-state index in [-0.39, 0.29) is 5.91 Å². The molecule has 5 nitrogen and oxygen atoms in total. The predicted octanol–water partition coefficient (Wildman–Crippen LogP) is 6.52. The first-order valence-electron chi connectivity index (χ1n) is 10.6. The standard InChI is InChI=1S/C26H29ClN2O3/c1-18(2)12-25(30)29-22-11-7-10-21(15-22)28-16-20-13-23(27)26(24(14-20)31-3)32-17-19-8-5-4-6-9-19/h4-11,13-15,18,28H,12,16-17H2,1-3H3,(H,29,30). The van der Waals surface area contributed by atoms with Crippen molar-refractivity contribution in [3.05, 3.63) is 82.9 Å². The van der Waals surface area contributed by atoms with Gasteiger partial charge < -0.3 is 20.1 Å². The molecule has 0 atom stereocenters. The summed E-state index contributed by atoms with van der Waals surface area (Å²) < 4.78 is 11.4. The average molecular weight is 453 g/mol. The topological polar surface area (TPSA) is 59.6 Å². The zero-order valence-electron chi connectivity index (χ0n) is 18.7. The molecule has 32 heavy (non-hydrogen) atoms. The third-order valence-electron chi connectivity index (χ3n) is 4.75. The van der Waals surface area contributed by atoms with E-state index >= 15 is 0 Å². The summed E-state index contributed by atoms with van der Waals surface area (Å²) in [6.07, 6.45) is 0.495. The molecule has 2 N–H and O–H groups in total. The van der Waals surface area contributed by atoms with E-state index in [2.05, 4.69) is 10.6 Å². The first kappa shape index (κ1) is 23.5. The minimum absolute atomic E-state index is 0.0137. The number of ether oxygens (including phenoxy) is 2. The highest BCUT2D eigenvalue weighted by Gasteiger charge is 2.13. The predicted molar refractivity (Wildman–Crippen MR) is 131 cm³/mol. The number of anilines is 2. The third-order valence-corrected chi connectivity index (χ3v) is 5.03. The maximum Gasteiger partial charge on any atom is 0.224 e. The molecule has 6 heteroatoms. The number of amides is 1. The van der Waals surface area contributed by atoms with Crippen molar-refractivity contribution in [2.24, 2.45) is 5.92 Å². The smallest absolute Gasteiger partial charge is 0.224 e. The van der Waals surface area contributed by atoms with Crippen LogP contribution in [0.15, 0.2) is 66.7 Å². The van der Waals surface area contributed by atoms with Crippen LogP contribution in [0.5, 0.6) is 11.5 Å². The van der Waals surface area contributed by atoms with Crippen LogP contribution in [0.3, 0.4) is 0 Å². The van der Waals surface area contributed by atoms with E-state index < -0.39 is 0 Å². The lowest BCUT2D eigenvalue weighted by atomic mass is 10.1. The molecule has 0 aliphatic rings. The van der Waals surface area contributed by atoms with Gasteiger partial charge in [0.1, 0.15) is 6.61 Å². The lowest BCUT2D eigenvalue weighted by Gasteiger charge is -2.15. The van der Waals surface area contributed by atoms with Gasteiger partial charge in [0.2, 0.25) is 5.91 Å². The number of halogens is 1. The van der Waals surface area contributed by atoms with Gasteiger partial charge >= 0.3 is 0 Å². The number of hydrogen-bond donors (Lipinski definition) is 2. The number of benzene rings is 3. The first-order valence-corrected chi connectivity index (χ1v) is 11.0. The van der Waals surface area contributed by atoms with Crippen LogP contribution < -0.4 is 20.1 Å². The molecule has 3 aromatic rings. The Morgan fingerprint density at radius 1 is 0.969 bits per heavy atom. The largest absolute Gasteiger partial charge is 0.493 e. The van der Waals surface area contributed by atoms with Gasteiger partial charge in [-0.3, -0.25) is 4.79 Å². The minimum atomic E-state index is 0.0137. The molecule has 0 aliphatic heterocycles. The van der Waals surface area contributed by atoms with Crippen molar-refractivity contribution in [1.29, 1.82) is 0 Å². The lowest BCUT2D eigenvalue weighted by molar-refractivity contribution is -0.116. The van der Waals surface area contributed by atoms with Crippen LogP contribution in [0.2, 0.25) is 5.02 Å². The highest BCUT2D eigenvalue weighted by molar-refractivity contribution is 6.32. The number of methoxy groups -OCH3 is 1. The van der Waals surface area contributed by atoms with E-state index in [0.29, 0.717) is 42.0 Å². The van der Waals surface area contributed by atoms with Crippen LogP contribution in [-0.2, 0) is 17.9 Å². The van der Waals surface area contributed by atoms with Crippen molar-refractivity contribution in [1.82, 2.24) is 0 Å². The summed E-state index contributed by atoms with van der Waals surface area (Å²) in [6, 6.07) is 21.3. The Labute approximate surface area is 194 Å². The van der Waals surface area contributed by atoms with E-state index in [0.717, 1.165) is 22.5 Å². The second kappa shape index (κ2) is 11.4. The van der Waals surface area contributed by atoms with Gasteiger partial charge in [-0.2, -0.15) is 0 Å². The zero-order chi connectivity index (χ0) is 22.9. The summed E-state index contributed by atoms with van der Waals surface area (Å²) in [5.74, 6) is 1.44. The fourth-order valence-electron chi connectivity index (χ4n) is 3.24. The van der Waals surface area contributed by atoms with E-state index in [9.17, 15) is 4.79 Å². The fraction of sp³-hybridized carbons (Fsp3) is 0.269. The first-order chi connectivity index (χ1) is 15.4. The van der Waals surface area contributed by atoms with E-state index in [1.165, 1.54) is 0 Å². The molecule has 0 aliphatic carbocycles. The molecular weight excluding hydrogens is 424 g/mol. The fourth-order valence-corrected chi connectivity index (χ4v) is 3.53.